The summed E-state index contributed by atoms with van der Waals surface area (Å²) in [5, 5.41) is 10.8. The van der Waals surface area contributed by atoms with Gasteiger partial charge in [-0.1, -0.05) is 30.3 Å². The minimum atomic E-state index is -0.877. The van der Waals surface area contributed by atoms with E-state index in [0.29, 0.717) is 6.54 Å². The molecule has 2 saturated carbocycles. The smallest absolute Gasteiger partial charge is 0.103 e. The van der Waals surface area contributed by atoms with Gasteiger partial charge in [-0.15, -0.1) is 0 Å². The highest BCUT2D eigenvalue weighted by Gasteiger charge is 2.35. The average Bonchev–Trinajstić information content (AvgIpc) is 3.37. The largest absolute Gasteiger partial charge is 0.384 e. The van der Waals surface area contributed by atoms with E-state index in [4.69, 9.17) is 5.73 Å². The second kappa shape index (κ2) is 5.84. The monoisotopic (exact) mass is 274 g/mol. The third kappa shape index (κ3) is 3.40. The zero-order chi connectivity index (χ0) is 14.0. The van der Waals surface area contributed by atoms with Crippen molar-refractivity contribution in [3.8, 4) is 0 Å². The van der Waals surface area contributed by atoms with Gasteiger partial charge in [0.15, 0.2) is 0 Å². The van der Waals surface area contributed by atoms with Crippen molar-refractivity contribution in [2.75, 3.05) is 19.6 Å². The molecule has 3 rings (SSSR count). The maximum absolute atomic E-state index is 10.8. The average molecular weight is 274 g/mol. The second-order valence-corrected chi connectivity index (χ2v) is 6.52. The first kappa shape index (κ1) is 14.1. The minimum absolute atomic E-state index is 0.291. The zero-order valence-electron chi connectivity index (χ0n) is 12.2. The van der Waals surface area contributed by atoms with Gasteiger partial charge in [-0.05, 0) is 43.6 Å². The van der Waals surface area contributed by atoms with E-state index in [9.17, 15) is 5.11 Å². The van der Waals surface area contributed by atoms with Crippen LogP contribution in [0.15, 0.2) is 30.3 Å². The molecule has 0 heterocycles. The van der Waals surface area contributed by atoms with Gasteiger partial charge in [0.2, 0.25) is 0 Å². The number of aliphatic hydroxyl groups is 1. The molecule has 0 bridgehead atoms. The molecule has 2 fully saturated rings. The lowest BCUT2D eigenvalue weighted by molar-refractivity contribution is 0.0243. The van der Waals surface area contributed by atoms with Gasteiger partial charge in [0.05, 0.1) is 0 Å². The van der Waals surface area contributed by atoms with E-state index >= 15 is 0 Å². The molecule has 3 nitrogen and oxygen atoms in total. The lowest BCUT2D eigenvalue weighted by atomic mass is 9.90. The Morgan fingerprint density at radius 3 is 2.40 bits per heavy atom. The van der Waals surface area contributed by atoms with Crippen molar-refractivity contribution >= 4 is 0 Å². The molecule has 2 aliphatic carbocycles. The highest BCUT2D eigenvalue weighted by atomic mass is 16.3. The van der Waals surface area contributed by atoms with Gasteiger partial charge in [0.1, 0.15) is 5.60 Å². The number of benzene rings is 1. The van der Waals surface area contributed by atoms with Gasteiger partial charge >= 0.3 is 0 Å². The molecule has 20 heavy (non-hydrogen) atoms. The molecule has 0 saturated heterocycles. The van der Waals surface area contributed by atoms with Crippen LogP contribution < -0.4 is 5.73 Å². The van der Waals surface area contributed by atoms with Gasteiger partial charge in [-0.25, -0.2) is 0 Å². The molecule has 1 aromatic rings. The Bertz CT molecular complexity index is 428. The van der Waals surface area contributed by atoms with Crippen LogP contribution in [0.25, 0.3) is 0 Å². The molecule has 0 radical (unpaired) electrons. The highest BCUT2D eigenvalue weighted by molar-refractivity contribution is 5.22. The molecule has 1 unspecified atom stereocenters. The van der Waals surface area contributed by atoms with E-state index in [1.807, 2.05) is 30.3 Å². The quantitative estimate of drug-likeness (QED) is 0.763. The first-order chi connectivity index (χ1) is 9.71. The lowest BCUT2D eigenvalue weighted by Gasteiger charge is -2.31. The van der Waals surface area contributed by atoms with Crippen molar-refractivity contribution in [2.45, 2.75) is 43.7 Å². The fourth-order valence-electron chi connectivity index (χ4n) is 2.94. The first-order valence-corrected chi connectivity index (χ1v) is 7.93. The first-order valence-electron chi connectivity index (χ1n) is 7.93. The number of nitrogens with zero attached hydrogens (tertiary/aromatic N) is 1. The van der Waals surface area contributed by atoms with E-state index in [0.717, 1.165) is 30.5 Å². The Balaban J connectivity index is 1.61. The Morgan fingerprint density at radius 2 is 1.85 bits per heavy atom. The van der Waals surface area contributed by atoms with E-state index in [2.05, 4.69) is 4.90 Å². The second-order valence-electron chi connectivity index (χ2n) is 6.52. The molecule has 3 heteroatoms. The van der Waals surface area contributed by atoms with Crippen LogP contribution in [-0.4, -0.2) is 35.7 Å². The van der Waals surface area contributed by atoms with Crippen molar-refractivity contribution in [1.29, 1.82) is 0 Å². The summed E-state index contributed by atoms with van der Waals surface area (Å²) in [5.74, 6) is 0.915. The number of hydrogen-bond donors (Lipinski definition) is 2. The van der Waals surface area contributed by atoms with Crippen molar-refractivity contribution in [3.63, 3.8) is 0 Å². The van der Waals surface area contributed by atoms with Gasteiger partial charge in [-0.3, -0.25) is 4.90 Å². The van der Waals surface area contributed by atoms with Crippen molar-refractivity contribution < 1.29 is 5.11 Å². The maximum atomic E-state index is 10.8. The van der Waals surface area contributed by atoms with E-state index in [1.165, 1.54) is 32.2 Å². The van der Waals surface area contributed by atoms with Crippen LogP contribution in [0.5, 0.6) is 0 Å². The van der Waals surface area contributed by atoms with Crippen molar-refractivity contribution in [1.82, 2.24) is 4.90 Å². The number of rotatable bonds is 8. The third-order valence-electron chi connectivity index (χ3n) is 4.71. The molecule has 110 valence electrons. The molecule has 0 aromatic heterocycles. The van der Waals surface area contributed by atoms with E-state index in [-0.39, 0.29) is 0 Å². The van der Waals surface area contributed by atoms with Crippen LogP contribution in [0.2, 0.25) is 0 Å². The van der Waals surface area contributed by atoms with Crippen LogP contribution in [0, 0.1) is 5.92 Å². The topological polar surface area (TPSA) is 49.5 Å². The summed E-state index contributed by atoms with van der Waals surface area (Å²) in [6.07, 6.45) is 6.18. The summed E-state index contributed by atoms with van der Waals surface area (Å²) >= 11 is 0. The van der Waals surface area contributed by atoms with Crippen molar-refractivity contribution in [3.05, 3.63) is 35.9 Å². The van der Waals surface area contributed by atoms with Crippen LogP contribution in [0.1, 0.15) is 37.7 Å². The van der Waals surface area contributed by atoms with Crippen LogP contribution in [0.4, 0.5) is 0 Å². The Labute approximate surface area is 121 Å². The van der Waals surface area contributed by atoms with Gasteiger partial charge in [0, 0.05) is 25.7 Å². The van der Waals surface area contributed by atoms with Crippen LogP contribution in [0.3, 0.4) is 0 Å². The number of nitrogens with two attached hydrogens (primary N) is 1. The highest BCUT2D eigenvalue weighted by Crippen LogP contribution is 2.35. The predicted octanol–water partition coefficient (Wildman–Crippen LogP) is 2.10. The summed E-state index contributed by atoms with van der Waals surface area (Å²) in [5.41, 5.74) is 5.93. The van der Waals surface area contributed by atoms with Crippen LogP contribution >= 0.6 is 0 Å². The third-order valence-corrected chi connectivity index (χ3v) is 4.71. The molecular formula is C17H26N2O. The SMILES string of the molecule is NCC(O)(CCN(CC1CC1)C1CC1)c1ccccc1. The predicted molar refractivity (Wildman–Crippen MR) is 81.3 cm³/mol. The Morgan fingerprint density at radius 1 is 1.15 bits per heavy atom. The number of hydrogen-bond acceptors (Lipinski definition) is 3. The normalized spacial score (nSPS) is 21.9. The molecular weight excluding hydrogens is 248 g/mol. The summed E-state index contributed by atoms with van der Waals surface area (Å²) < 4.78 is 0. The molecule has 0 amide bonds. The van der Waals surface area contributed by atoms with Gasteiger partial charge in [-0.2, -0.15) is 0 Å². The van der Waals surface area contributed by atoms with Crippen molar-refractivity contribution in [2.24, 2.45) is 11.7 Å². The minimum Gasteiger partial charge on any atom is -0.384 e. The fraction of sp³-hybridized carbons (Fsp3) is 0.647. The standard InChI is InChI=1S/C17H26N2O/c18-13-17(20,15-4-2-1-3-5-15)10-11-19(16-8-9-16)12-14-6-7-14/h1-5,14,16,20H,6-13,18H2. The Kier molecular flexibility index (Phi) is 4.11. The summed E-state index contributed by atoms with van der Waals surface area (Å²) in [7, 11) is 0. The van der Waals surface area contributed by atoms with Crippen LogP contribution in [-0.2, 0) is 5.60 Å². The summed E-state index contributed by atoms with van der Waals surface area (Å²) in [6.45, 7) is 2.48. The van der Waals surface area contributed by atoms with E-state index < -0.39 is 5.60 Å². The summed E-state index contributed by atoms with van der Waals surface area (Å²) in [6, 6.07) is 10.7. The fourth-order valence-corrected chi connectivity index (χ4v) is 2.94. The molecule has 1 aromatic carbocycles. The molecule has 0 aliphatic heterocycles. The summed E-state index contributed by atoms with van der Waals surface area (Å²) in [4.78, 5) is 2.58. The van der Waals surface area contributed by atoms with Gasteiger partial charge < -0.3 is 10.8 Å². The Hall–Kier alpha value is -0.900. The molecule has 2 aliphatic rings. The molecule has 0 spiro atoms. The zero-order valence-corrected chi connectivity index (χ0v) is 12.2. The lowest BCUT2D eigenvalue weighted by Crippen LogP contribution is -2.40. The molecule has 3 N–H and O–H groups in total. The maximum Gasteiger partial charge on any atom is 0.103 e. The van der Waals surface area contributed by atoms with Gasteiger partial charge in [0.25, 0.3) is 0 Å². The molecule has 1 atom stereocenters. The van der Waals surface area contributed by atoms with E-state index in [1.54, 1.807) is 0 Å².